The molecule has 0 aromatic carbocycles. The lowest BCUT2D eigenvalue weighted by Crippen LogP contribution is -2.13. The van der Waals surface area contributed by atoms with E-state index in [1.54, 1.807) is 30.4 Å². The summed E-state index contributed by atoms with van der Waals surface area (Å²) in [4.78, 5) is 0. The molecule has 0 amide bonds. The van der Waals surface area contributed by atoms with Crippen molar-refractivity contribution in [2.24, 2.45) is 0 Å². The van der Waals surface area contributed by atoms with Gasteiger partial charge in [-0.1, -0.05) is 18.2 Å². The number of hydrogen-bond donors (Lipinski definition) is 2. The molecular weight excluding hydrogens is 127 g/mol. The number of rotatable bonds is 1. The van der Waals surface area contributed by atoms with Crippen molar-refractivity contribution in [2.45, 2.75) is 0 Å². The van der Waals surface area contributed by atoms with Crippen LogP contribution in [-0.2, 0) is 0 Å². The average Bonchev–Trinajstić information content (AvgIpc) is 2.12. The lowest BCUT2D eigenvalue weighted by Gasteiger charge is -1.94. The van der Waals surface area contributed by atoms with Gasteiger partial charge in [0.25, 0.3) is 0 Å². The molecule has 0 fully saturated rings. The Balaban J connectivity index is 2.81. The topological polar surface area (TPSA) is 40.5 Å². The van der Waals surface area contributed by atoms with Crippen molar-refractivity contribution in [1.29, 1.82) is 0 Å². The molecule has 0 saturated heterocycles. The summed E-state index contributed by atoms with van der Waals surface area (Å²) in [5.74, 6) is 0. The minimum absolute atomic E-state index is 0.473. The zero-order chi connectivity index (χ0) is 7.40. The Morgan fingerprint density at radius 3 is 2.80 bits per heavy atom. The third-order valence-electron chi connectivity index (χ3n) is 1.15. The minimum atomic E-state index is -1.39. The molecular formula is C7H7BO2. The van der Waals surface area contributed by atoms with Gasteiger partial charge in [-0.2, -0.15) is 0 Å². The zero-order valence-electron chi connectivity index (χ0n) is 5.36. The highest BCUT2D eigenvalue weighted by molar-refractivity contribution is 6.51. The van der Waals surface area contributed by atoms with Crippen LogP contribution in [0, 0.1) is 0 Å². The lowest BCUT2D eigenvalue weighted by molar-refractivity contribution is 0.420. The summed E-state index contributed by atoms with van der Waals surface area (Å²) in [6.45, 7) is 0. The van der Waals surface area contributed by atoms with Crippen molar-refractivity contribution in [3.63, 3.8) is 0 Å². The van der Waals surface area contributed by atoms with Crippen LogP contribution >= 0.6 is 0 Å². The molecule has 0 heterocycles. The highest BCUT2D eigenvalue weighted by atomic mass is 16.4. The van der Waals surface area contributed by atoms with Crippen molar-refractivity contribution in [3.8, 4) is 0 Å². The van der Waals surface area contributed by atoms with Gasteiger partial charge in [0.2, 0.25) is 0 Å². The van der Waals surface area contributed by atoms with Gasteiger partial charge < -0.3 is 10.0 Å². The molecule has 0 radical (unpaired) electrons. The standard InChI is InChI=1S/C7H7BO2/c9-8(10)7-5-3-1-2-4-6-7/h1,3-6,9-10H. The van der Waals surface area contributed by atoms with Crippen molar-refractivity contribution in [2.75, 3.05) is 0 Å². The maximum Gasteiger partial charge on any atom is 0.488 e. The first kappa shape index (κ1) is 7.10. The molecule has 0 aromatic heterocycles. The van der Waals surface area contributed by atoms with Gasteiger partial charge >= 0.3 is 7.12 Å². The maximum absolute atomic E-state index is 8.68. The molecule has 3 heteroatoms. The predicted molar refractivity (Wildman–Crippen MR) is 40.1 cm³/mol. The quantitative estimate of drug-likeness (QED) is 0.397. The van der Waals surface area contributed by atoms with E-state index in [4.69, 9.17) is 10.0 Å². The van der Waals surface area contributed by atoms with E-state index in [2.05, 4.69) is 5.73 Å². The van der Waals surface area contributed by atoms with Gasteiger partial charge in [-0.05, 0) is 17.6 Å². The highest BCUT2D eigenvalue weighted by Crippen LogP contribution is 2.01. The fourth-order valence-electron chi connectivity index (χ4n) is 0.642. The first-order chi connectivity index (χ1) is 4.80. The fraction of sp³-hybridized carbons (Fsp3) is 0. The number of hydrogen-bond acceptors (Lipinski definition) is 2. The predicted octanol–water partition coefficient (Wildman–Crippen LogP) is 0.206. The highest BCUT2D eigenvalue weighted by Gasteiger charge is 2.09. The van der Waals surface area contributed by atoms with Crippen molar-refractivity contribution in [1.82, 2.24) is 0 Å². The van der Waals surface area contributed by atoms with Crippen LogP contribution in [0.3, 0.4) is 0 Å². The van der Waals surface area contributed by atoms with Crippen LogP contribution in [-0.4, -0.2) is 17.2 Å². The Hall–Kier alpha value is -1.02. The van der Waals surface area contributed by atoms with Crippen LogP contribution in [0.15, 0.2) is 41.6 Å². The summed E-state index contributed by atoms with van der Waals surface area (Å²) in [6.07, 6.45) is 8.27. The molecule has 10 heavy (non-hydrogen) atoms. The first-order valence-corrected chi connectivity index (χ1v) is 2.96. The Morgan fingerprint density at radius 1 is 1.30 bits per heavy atom. The summed E-state index contributed by atoms with van der Waals surface area (Å²) in [5.41, 5.74) is 3.27. The van der Waals surface area contributed by atoms with Gasteiger partial charge in [0.15, 0.2) is 0 Å². The maximum atomic E-state index is 8.68. The fourth-order valence-corrected chi connectivity index (χ4v) is 0.642. The third-order valence-corrected chi connectivity index (χ3v) is 1.15. The second-order valence-electron chi connectivity index (χ2n) is 1.90. The average molecular weight is 134 g/mol. The van der Waals surface area contributed by atoms with Crippen molar-refractivity contribution < 1.29 is 10.0 Å². The molecule has 2 N–H and O–H groups in total. The van der Waals surface area contributed by atoms with Crippen LogP contribution in [0.5, 0.6) is 0 Å². The van der Waals surface area contributed by atoms with E-state index in [1.165, 1.54) is 0 Å². The van der Waals surface area contributed by atoms with E-state index < -0.39 is 7.12 Å². The van der Waals surface area contributed by atoms with Gasteiger partial charge in [0.1, 0.15) is 0 Å². The Bertz CT molecular complexity index is 232. The van der Waals surface area contributed by atoms with Gasteiger partial charge in [0, 0.05) is 0 Å². The molecule has 2 nitrogen and oxygen atoms in total. The normalized spacial score (nSPS) is 14.8. The second kappa shape index (κ2) is 3.23. The summed E-state index contributed by atoms with van der Waals surface area (Å²) in [6, 6.07) is 0. The Kier molecular flexibility index (Phi) is 2.29. The van der Waals surface area contributed by atoms with Gasteiger partial charge in [0.05, 0.1) is 0 Å². The molecule has 0 bridgehead atoms. The monoisotopic (exact) mass is 134 g/mol. The second-order valence-corrected chi connectivity index (χ2v) is 1.90. The molecule has 1 aliphatic rings. The van der Waals surface area contributed by atoms with E-state index in [0.29, 0.717) is 5.47 Å². The van der Waals surface area contributed by atoms with Crippen LogP contribution < -0.4 is 0 Å². The van der Waals surface area contributed by atoms with Crippen molar-refractivity contribution in [3.05, 3.63) is 41.6 Å². The lowest BCUT2D eigenvalue weighted by atomic mass is 9.79. The van der Waals surface area contributed by atoms with E-state index in [9.17, 15) is 0 Å². The molecule has 50 valence electrons. The SMILES string of the molecule is OB(O)C1=CC=C=CC=C1. The molecule has 0 atom stereocenters. The van der Waals surface area contributed by atoms with Crippen LogP contribution in [0.25, 0.3) is 0 Å². The molecule has 1 aliphatic carbocycles. The van der Waals surface area contributed by atoms with Crippen LogP contribution in [0.4, 0.5) is 0 Å². The smallest absolute Gasteiger partial charge is 0.423 e. The van der Waals surface area contributed by atoms with Gasteiger partial charge in [-0.25, -0.2) is 0 Å². The van der Waals surface area contributed by atoms with Crippen LogP contribution in [0.2, 0.25) is 0 Å². The van der Waals surface area contributed by atoms with E-state index in [-0.39, 0.29) is 0 Å². The molecule has 0 spiro atoms. The van der Waals surface area contributed by atoms with E-state index in [1.807, 2.05) is 0 Å². The Labute approximate surface area is 59.6 Å². The minimum Gasteiger partial charge on any atom is -0.423 e. The van der Waals surface area contributed by atoms with Crippen LogP contribution in [0.1, 0.15) is 0 Å². The summed E-state index contributed by atoms with van der Waals surface area (Å²) in [7, 11) is -1.39. The molecule has 0 saturated carbocycles. The summed E-state index contributed by atoms with van der Waals surface area (Å²) in [5, 5.41) is 17.4. The van der Waals surface area contributed by atoms with Crippen molar-refractivity contribution >= 4 is 7.12 Å². The van der Waals surface area contributed by atoms with E-state index in [0.717, 1.165) is 0 Å². The summed E-state index contributed by atoms with van der Waals surface area (Å²) >= 11 is 0. The zero-order valence-corrected chi connectivity index (χ0v) is 5.36. The third kappa shape index (κ3) is 1.74. The summed E-state index contributed by atoms with van der Waals surface area (Å²) < 4.78 is 0. The Morgan fingerprint density at radius 2 is 2.10 bits per heavy atom. The largest absolute Gasteiger partial charge is 0.488 e. The molecule has 1 rings (SSSR count). The van der Waals surface area contributed by atoms with E-state index >= 15 is 0 Å². The van der Waals surface area contributed by atoms with Gasteiger partial charge in [-0.15, -0.1) is 5.73 Å². The first-order valence-electron chi connectivity index (χ1n) is 2.96. The molecule has 0 aliphatic heterocycles. The van der Waals surface area contributed by atoms with Gasteiger partial charge in [-0.3, -0.25) is 0 Å². The molecule has 0 aromatic rings. The molecule has 0 unspecified atom stereocenters. The number of allylic oxidation sites excluding steroid dienone is 5.